The average molecular weight is 373 g/mol. The summed E-state index contributed by atoms with van der Waals surface area (Å²) >= 11 is 6.21. The Balaban J connectivity index is 2.44. The Hall–Kier alpha value is -0.350. The number of alkyl halides is 2. The van der Waals surface area contributed by atoms with Crippen molar-refractivity contribution in [2.24, 2.45) is 0 Å². The van der Waals surface area contributed by atoms with Gasteiger partial charge in [-0.05, 0) is 11.1 Å². The molecule has 15 heavy (non-hydrogen) atoms. The van der Waals surface area contributed by atoms with Gasteiger partial charge >= 0.3 is 0 Å². The summed E-state index contributed by atoms with van der Waals surface area (Å²) < 4.78 is -0.132. The monoisotopic (exact) mass is 372 g/mol. The largest absolute Gasteiger partial charge is 0.127 e. The molecule has 76 valence electrons. The maximum atomic E-state index is 3.78. The summed E-state index contributed by atoms with van der Waals surface area (Å²) in [5.41, 5.74) is 2.52. The van der Waals surface area contributed by atoms with E-state index >= 15 is 0 Å². The van der Waals surface area contributed by atoms with Gasteiger partial charge in [-0.2, -0.15) is 0 Å². The Kier molecular flexibility index (Phi) is 3.46. The van der Waals surface area contributed by atoms with Crippen LogP contribution >= 0.6 is 38.5 Å². The lowest BCUT2D eigenvalue weighted by atomic mass is 10.1. The second-order valence-corrected chi connectivity index (χ2v) is 7.60. The van der Waals surface area contributed by atoms with Gasteiger partial charge in [0.1, 0.15) is 2.33 Å². The van der Waals surface area contributed by atoms with Crippen LogP contribution in [0.5, 0.6) is 0 Å². The molecule has 0 saturated heterocycles. The van der Waals surface area contributed by atoms with Crippen LogP contribution in [-0.2, 0) is 2.33 Å². The predicted molar refractivity (Wildman–Crippen MR) is 76.6 cm³/mol. The molecule has 0 aliphatic heterocycles. The molecule has 0 spiro atoms. The van der Waals surface area contributed by atoms with Gasteiger partial charge in [-0.3, -0.25) is 0 Å². The molecule has 0 aliphatic rings. The number of hydrogen-bond donors (Lipinski definition) is 0. The zero-order valence-corrected chi connectivity index (χ0v) is 11.8. The third-order valence-electron chi connectivity index (χ3n) is 2.27. The molecule has 2 aromatic carbocycles. The lowest BCUT2D eigenvalue weighted by Gasteiger charge is -2.21. The minimum Gasteiger partial charge on any atom is -0.0631 e. The van der Waals surface area contributed by atoms with Crippen LogP contribution in [0.1, 0.15) is 11.1 Å². The lowest BCUT2D eigenvalue weighted by Crippen LogP contribution is -2.09. The van der Waals surface area contributed by atoms with Crippen LogP contribution < -0.4 is 0 Å². The zero-order chi connectivity index (χ0) is 10.7. The zero-order valence-electron chi connectivity index (χ0n) is 8.03. The molecule has 0 fully saturated rings. The minimum absolute atomic E-state index is 0.132. The van der Waals surface area contributed by atoms with Gasteiger partial charge < -0.3 is 0 Å². The van der Waals surface area contributed by atoms with Crippen LogP contribution in [-0.4, -0.2) is 0 Å². The van der Waals surface area contributed by atoms with E-state index in [1.165, 1.54) is 11.1 Å². The summed E-state index contributed by atoms with van der Waals surface area (Å²) in [4.78, 5) is 0. The molecule has 2 rings (SSSR count). The van der Waals surface area contributed by atoms with E-state index in [-0.39, 0.29) is 2.33 Å². The van der Waals surface area contributed by atoms with Gasteiger partial charge in [0.15, 0.2) is 0 Å². The summed E-state index contributed by atoms with van der Waals surface area (Å²) in [6.45, 7) is 0. The van der Waals surface area contributed by atoms with Crippen LogP contribution in [0.4, 0.5) is 0 Å². The number of hydrogen-bond acceptors (Lipinski definition) is 0. The molecular weight excluding hydrogens is 363 g/mol. The molecule has 0 saturated carbocycles. The molecule has 0 N–H and O–H groups in total. The Morgan fingerprint density at radius 1 is 0.733 bits per heavy atom. The van der Waals surface area contributed by atoms with Gasteiger partial charge in [0, 0.05) is 0 Å². The highest BCUT2D eigenvalue weighted by Gasteiger charge is 2.26. The Morgan fingerprint density at radius 3 is 1.40 bits per heavy atom. The lowest BCUT2D eigenvalue weighted by molar-refractivity contribution is 1.14. The predicted octanol–water partition coefficient (Wildman–Crippen LogP) is 4.72. The maximum Gasteiger partial charge on any atom is 0.127 e. The molecule has 0 aromatic heterocycles. The fourth-order valence-electron chi connectivity index (χ4n) is 1.46. The molecule has 0 aliphatic carbocycles. The van der Waals surface area contributed by atoms with Crippen molar-refractivity contribution in [3.8, 4) is 0 Å². The van der Waals surface area contributed by atoms with E-state index < -0.39 is 0 Å². The SMILES string of the molecule is BrC(I)(c1ccccc1)c1ccccc1. The van der Waals surface area contributed by atoms with Gasteiger partial charge in [0.05, 0.1) is 0 Å². The first-order chi connectivity index (χ1) is 7.21. The second-order valence-electron chi connectivity index (χ2n) is 3.31. The number of benzene rings is 2. The maximum absolute atomic E-state index is 3.78. The van der Waals surface area contributed by atoms with E-state index in [9.17, 15) is 0 Å². The van der Waals surface area contributed by atoms with E-state index in [1.807, 2.05) is 12.1 Å². The highest BCUT2D eigenvalue weighted by Crippen LogP contribution is 2.44. The van der Waals surface area contributed by atoms with E-state index in [2.05, 4.69) is 87.1 Å². The van der Waals surface area contributed by atoms with Crippen molar-refractivity contribution in [1.29, 1.82) is 0 Å². The summed E-state index contributed by atoms with van der Waals surface area (Å²) in [6.07, 6.45) is 0. The third-order valence-corrected chi connectivity index (χ3v) is 4.43. The van der Waals surface area contributed by atoms with Gasteiger partial charge in [0.25, 0.3) is 0 Å². The van der Waals surface area contributed by atoms with Crippen molar-refractivity contribution in [2.75, 3.05) is 0 Å². The molecule has 0 unspecified atom stereocenters. The Bertz CT molecular complexity index is 381. The topological polar surface area (TPSA) is 0 Å². The van der Waals surface area contributed by atoms with Crippen LogP contribution in [0, 0.1) is 0 Å². The van der Waals surface area contributed by atoms with Crippen molar-refractivity contribution < 1.29 is 0 Å². The quantitative estimate of drug-likeness (QED) is 0.528. The van der Waals surface area contributed by atoms with Crippen LogP contribution in [0.15, 0.2) is 60.7 Å². The first-order valence-electron chi connectivity index (χ1n) is 4.70. The normalized spacial score (nSPS) is 11.3. The summed E-state index contributed by atoms with van der Waals surface area (Å²) in [5.74, 6) is 0. The number of rotatable bonds is 2. The molecule has 2 aromatic rings. The Labute approximate surface area is 112 Å². The fourth-order valence-corrected chi connectivity index (χ4v) is 2.71. The molecule has 0 atom stereocenters. The van der Waals surface area contributed by atoms with Gasteiger partial charge in [-0.25, -0.2) is 0 Å². The van der Waals surface area contributed by atoms with Crippen molar-refractivity contribution >= 4 is 38.5 Å². The molecule has 2 heteroatoms. The van der Waals surface area contributed by atoms with Gasteiger partial charge in [0.2, 0.25) is 0 Å². The summed E-state index contributed by atoms with van der Waals surface area (Å²) in [6, 6.07) is 20.9. The minimum atomic E-state index is -0.132. The molecular formula is C13H10BrI. The van der Waals surface area contributed by atoms with Gasteiger partial charge in [-0.15, -0.1) is 0 Å². The van der Waals surface area contributed by atoms with Crippen LogP contribution in [0.25, 0.3) is 0 Å². The van der Waals surface area contributed by atoms with E-state index in [4.69, 9.17) is 0 Å². The third kappa shape index (κ3) is 2.42. The first kappa shape index (κ1) is 11.1. The van der Waals surface area contributed by atoms with E-state index in [1.54, 1.807) is 0 Å². The Morgan fingerprint density at radius 2 is 1.07 bits per heavy atom. The highest BCUT2D eigenvalue weighted by molar-refractivity contribution is 14.1. The van der Waals surface area contributed by atoms with E-state index in [0.29, 0.717) is 0 Å². The van der Waals surface area contributed by atoms with Crippen molar-refractivity contribution in [1.82, 2.24) is 0 Å². The molecule has 0 radical (unpaired) electrons. The van der Waals surface area contributed by atoms with Crippen LogP contribution in [0.3, 0.4) is 0 Å². The van der Waals surface area contributed by atoms with Gasteiger partial charge in [-0.1, -0.05) is 99.2 Å². The molecule has 0 bridgehead atoms. The van der Waals surface area contributed by atoms with Crippen molar-refractivity contribution in [2.45, 2.75) is 2.33 Å². The molecule has 0 amide bonds. The summed E-state index contributed by atoms with van der Waals surface area (Å²) in [5, 5.41) is 0. The standard InChI is InChI=1S/C13H10BrI/c14-13(15,11-7-3-1-4-8-11)12-9-5-2-6-10-12/h1-10H. The van der Waals surface area contributed by atoms with Crippen molar-refractivity contribution in [3.05, 3.63) is 71.8 Å². The molecule has 0 nitrogen and oxygen atoms in total. The second kappa shape index (κ2) is 4.66. The highest BCUT2D eigenvalue weighted by atomic mass is 127. The smallest absolute Gasteiger partial charge is 0.0631 e. The van der Waals surface area contributed by atoms with Crippen LogP contribution in [0.2, 0.25) is 0 Å². The van der Waals surface area contributed by atoms with Crippen molar-refractivity contribution in [3.63, 3.8) is 0 Å². The first-order valence-corrected chi connectivity index (χ1v) is 6.57. The molecule has 0 heterocycles. The fraction of sp³-hybridized carbons (Fsp3) is 0.0769. The summed E-state index contributed by atoms with van der Waals surface area (Å²) in [7, 11) is 0. The number of halogens is 2. The average Bonchev–Trinajstić information content (AvgIpc) is 2.31. The van der Waals surface area contributed by atoms with E-state index in [0.717, 1.165) is 0 Å².